The normalized spacial score (nSPS) is 21.4. The molecule has 0 aromatic carbocycles. The zero-order chi connectivity index (χ0) is 51.2. The highest BCUT2D eigenvalue weighted by Gasteiger charge is 2.51. The maximum atomic E-state index is 12.9. The first kappa shape index (κ1) is 65.8. The number of aliphatic hydroxyl groups is 5. The van der Waals surface area contributed by atoms with E-state index >= 15 is 0 Å². The smallest absolute Gasteiger partial charge is 0.457 e. The van der Waals surface area contributed by atoms with Gasteiger partial charge >= 0.3 is 13.8 Å². The van der Waals surface area contributed by atoms with Crippen molar-refractivity contribution < 1.29 is 58.3 Å². The van der Waals surface area contributed by atoms with Crippen molar-refractivity contribution in [3.05, 3.63) is 72.9 Å². The summed E-state index contributed by atoms with van der Waals surface area (Å²) in [6.45, 7) is 4.21. The van der Waals surface area contributed by atoms with Crippen LogP contribution < -0.4 is 0 Å². The lowest BCUT2D eigenvalue weighted by molar-refractivity contribution is -0.220. The number of carbonyl (C=O) groups excluding carboxylic acids is 1. The lowest BCUT2D eigenvalue weighted by Crippen LogP contribution is -2.64. The van der Waals surface area contributed by atoms with Gasteiger partial charge in [-0.1, -0.05) is 196 Å². The third-order valence-corrected chi connectivity index (χ3v) is 13.5. The average Bonchev–Trinajstić information content (AvgIpc) is 3.35. The summed E-state index contributed by atoms with van der Waals surface area (Å²) in [4.78, 5) is 23.3. The molecule has 1 rings (SSSR count). The Labute approximate surface area is 425 Å². The standard InChI is InChI=1S/C57H101O12P/c1-3-5-7-9-11-13-15-17-19-21-23-24-25-26-27-29-31-33-35-37-39-41-43-45-47-66-48-50(49-67-70(64,65)69-57-55(62)53(60)52(59)54(61)56(57)63)68-51(58)46-44-42-40-38-36-34-32-30-28-22-20-18-16-14-12-10-8-6-4-2/h12,14-15,17-18,20-21,23,25-26,28,30,50,52-57,59-63H,3-11,13,16,19,22,24,27,29,31-49H2,1-2H3,(H,64,65)/b14-12-,17-15-,20-18-,23-21-,26-25-,30-28-. The summed E-state index contributed by atoms with van der Waals surface area (Å²) >= 11 is 0. The topological polar surface area (TPSA) is 192 Å². The molecule has 1 aliphatic carbocycles. The Morgan fingerprint density at radius 1 is 0.457 bits per heavy atom. The first-order valence-electron chi connectivity index (χ1n) is 27.8. The van der Waals surface area contributed by atoms with Crippen molar-refractivity contribution in [3.8, 4) is 0 Å². The molecule has 0 aromatic rings. The van der Waals surface area contributed by atoms with Crippen LogP contribution in [0, 0.1) is 0 Å². The van der Waals surface area contributed by atoms with E-state index in [1.165, 1.54) is 96.3 Å². The van der Waals surface area contributed by atoms with E-state index in [0.29, 0.717) is 13.0 Å². The van der Waals surface area contributed by atoms with Gasteiger partial charge in [-0.3, -0.25) is 13.8 Å². The second-order valence-electron chi connectivity index (χ2n) is 19.1. The lowest BCUT2D eigenvalue weighted by Gasteiger charge is -2.41. The Morgan fingerprint density at radius 2 is 0.800 bits per heavy atom. The molecule has 12 nitrogen and oxygen atoms in total. The molecule has 13 heteroatoms. The molecule has 1 fully saturated rings. The summed E-state index contributed by atoms with van der Waals surface area (Å²) < 4.78 is 34.4. The van der Waals surface area contributed by atoms with Crippen molar-refractivity contribution in [1.82, 2.24) is 0 Å². The van der Waals surface area contributed by atoms with Gasteiger partial charge in [-0.15, -0.1) is 0 Å². The van der Waals surface area contributed by atoms with Crippen LogP contribution in [0.5, 0.6) is 0 Å². The molecule has 6 N–H and O–H groups in total. The molecule has 0 spiro atoms. The lowest BCUT2D eigenvalue weighted by atomic mass is 9.85. The fourth-order valence-electron chi connectivity index (χ4n) is 8.13. The number of ether oxygens (including phenoxy) is 2. The number of allylic oxidation sites excluding steroid dienone is 12. The molecule has 1 saturated carbocycles. The first-order valence-corrected chi connectivity index (χ1v) is 29.3. The first-order chi connectivity index (χ1) is 34.0. The minimum absolute atomic E-state index is 0.0891. The minimum Gasteiger partial charge on any atom is -0.457 e. The van der Waals surface area contributed by atoms with E-state index in [-0.39, 0.29) is 13.0 Å². The third-order valence-electron chi connectivity index (χ3n) is 12.6. The molecular weight excluding hydrogens is 908 g/mol. The molecule has 1 aliphatic rings. The molecule has 0 aromatic heterocycles. The number of phosphoric acid groups is 1. The van der Waals surface area contributed by atoms with E-state index in [4.69, 9.17) is 18.5 Å². The number of phosphoric ester groups is 1. The summed E-state index contributed by atoms with van der Waals surface area (Å²) in [5.74, 6) is -0.492. The van der Waals surface area contributed by atoms with Gasteiger partial charge in [0, 0.05) is 13.0 Å². The van der Waals surface area contributed by atoms with Crippen LogP contribution in [-0.4, -0.2) is 98.9 Å². The Morgan fingerprint density at radius 3 is 1.24 bits per heavy atom. The molecule has 0 saturated heterocycles. The Bertz CT molecular complexity index is 1430. The maximum Gasteiger partial charge on any atom is 0.472 e. The summed E-state index contributed by atoms with van der Waals surface area (Å²) in [7, 11) is -5.04. The number of rotatable bonds is 47. The summed E-state index contributed by atoms with van der Waals surface area (Å²) in [6.07, 6.45) is 49.6. The minimum atomic E-state index is -5.04. The SMILES string of the molecule is CCCCC/C=C\C/C=C\C/C=C\CCCCCCCCC(=O)OC(COCCCCCCCCCCC/C=C\C/C=C\C/C=C\CCCCCCC)COP(=O)(O)OC1C(O)C(O)C(O)C(O)C1O. The molecule has 0 aliphatic heterocycles. The molecule has 6 unspecified atom stereocenters. The predicted molar refractivity (Wildman–Crippen MR) is 285 cm³/mol. The molecular formula is C57H101O12P. The van der Waals surface area contributed by atoms with Crippen LogP contribution in [0.1, 0.15) is 219 Å². The van der Waals surface area contributed by atoms with Gasteiger partial charge in [-0.05, 0) is 89.9 Å². The van der Waals surface area contributed by atoms with E-state index in [1.54, 1.807) is 0 Å². The zero-order valence-electron chi connectivity index (χ0n) is 43.8. The van der Waals surface area contributed by atoms with Crippen LogP contribution in [0.4, 0.5) is 0 Å². The number of hydrogen-bond acceptors (Lipinski definition) is 11. The van der Waals surface area contributed by atoms with Crippen LogP contribution in [0.2, 0.25) is 0 Å². The van der Waals surface area contributed by atoms with Gasteiger partial charge in [0.1, 0.15) is 42.7 Å². The van der Waals surface area contributed by atoms with E-state index in [9.17, 15) is 39.8 Å². The van der Waals surface area contributed by atoms with E-state index in [2.05, 4.69) is 86.8 Å². The van der Waals surface area contributed by atoms with Gasteiger partial charge in [0.2, 0.25) is 0 Å². The van der Waals surface area contributed by atoms with Crippen molar-refractivity contribution in [2.75, 3.05) is 19.8 Å². The zero-order valence-corrected chi connectivity index (χ0v) is 44.7. The molecule has 6 atom stereocenters. The number of unbranched alkanes of at least 4 members (excludes halogenated alkanes) is 23. The molecule has 0 amide bonds. The second-order valence-corrected chi connectivity index (χ2v) is 20.5. The van der Waals surface area contributed by atoms with Gasteiger partial charge in [-0.25, -0.2) is 4.57 Å². The summed E-state index contributed by atoms with van der Waals surface area (Å²) in [5.41, 5.74) is 0. The van der Waals surface area contributed by atoms with Gasteiger partial charge in [0.25, 0.3) is 0 Å². The van der Waals surface area contributed by atoms with Gasteiger partial charge in [-0.2, -0.15) is 0 Å². The molecule has 406 valence electrons. The molecule has 0 radical (unpaired) electrons. The van der Waals surface area contributed by atoms with Gasteiger partial charge < -0.3 is 39.9 Å². The van der Waals surface area contributed by atoms with Crippen molar-refractivity contribution in [1.29, 1.82) is 0 Å². The number of hydrogen-bond donors (Lipinski definition) is 6. The van der Waals surface area contributed by atoms with Crippen molar-refractivity contribution in [2.45, 2.75) is 262 Å². The van der Waals surface area contributed by atoms with Gasteiger partial charge in [0.05, 0.1) is 13.2 Å². The molecule has 70 heavy (non-hydrogen) atoms. The maximum absolute atomic E-state index is 12.9. The van der Waals surface area contributed by atoms with Crippen molar-refractivity contribution >= 4 is 13.8 Å². The Hall–Kier alpha value is -2.22. The number of carbonyl (C=O) groups is 1. The van der Waals surface area contributed by atoms with Crippen LogP contribution in [-0.2, 0) is 27.9 Å². The van der Waals surface area contributed by atoms with Crippen molar-refractivity contribution in [3.63, 3.8) is 0 Å². The van der Waals surface area contributed by atoms with E-state index < -0.39 is 63.1 Å². The van der Waals surface area contributed by atoms with Gasteiger partial charge in [0.15, 0.2) is 0 Å². The highest BCUT2D eigenvalue weighted by atomic mass is 31.2. The fraction of sp³-hybridized carbons (Fsp3) is 0.772. The quantitative estimate of drug-likeness (QED) is 0.0147. The van der Waals surface area contributed by atoms with Crippen LogP contribution in [0.3, 0.4) is 0 Å². The highest BCUT2D eigenvalue weighted by molar-refractivity contribution is 7.47. The van der Waals surface area contributed by atoms with Crippen LogP contribution >= 0.6 is 7.82 Å². The van der Waals surface area contributed by atoms with Crippen LogP contribution in [0.15, 0.2) is 72.9 Å². The monoisotopic (exact) mass is 1010 g/mol. The van der Waals surface area contributed by atoms with Crippen molar-refractivity contribution in [2.24, 2.45) is 0 Å². The summed E-state index contributed by atoms with van der Waals surface area (Å²) in [6, 6.07) is 0. The molecule has 0 bridgehead atoms. The van der Waals surface area contributed by atoms with Crippen LogP contribution in [0.25, 0.3) is 0 Å². The Kier molecular flexibility index (Phi) is 43.8. The predicted octanol–water partition coefficient (Wildman–Crippen LogP) is 13.1. The average molecular weight is 1010 g/mol. The molecule has 0 heterocycles. The fourth-order valence-corrected chi connectivity index (χ4v) is 9.11. The third kappa shape index (κ3) is 37.5. The van der Waals surface area contributed by atoms with E-state index in [0.717, 1.165) is 96.3 Å². The largest absolute Gasteiger partial charge is 0.472 e. The number of aliphatic hydroxyl groups excluding tert-OH is 5. The summed E-state index contributed by atoms with van der Waals surface area (Å²) in [5, 5.41) is 50.4. The van der Waals surface area contributed by atoms with E-state index in [1.807, 2.05) is 0 Å². The number of esters is 1. The Balaban J connectivity index is 2.32. The second kappa shape index (κ2) is 46.6. The highest BCUT2D eigenvalue weighted by Crippen LogP contribution is 2.47.